The summed E-state index contributed by atoms with van der Waals surface area (Å²) in [6.45, 7) is 1.32. The number of nitrogens with two attached hydrogens (primary N) is 1. The van der Waals surface area contributed by atoms with Gasteiger partial charge in [-0.15, -0.1) is 0 Å². The van der Waals surface area contributed by atoms with Crippen molar-refractivity contribution >= 4 is 23.4 Å². The first-order valence-electron chi connectivity index (χ1n) is 4.82. The van der Waals surface area contributed by atoms with E-state index >= 15 is 0 Å². The molecule has 0 fully saturated rings. The first kappa shape index (κ1) is 12.8. The van der Waals surface area contributed by atoms with Crippen LogP contribution < -0.4 is 5.73 Å². The molecule has 0 amide bonds. The first-order valence-corrected chi connectivity index (χ1v) is 6.35. The molecule has 0 saturated carbocycles. The van der Waals surface area contributed by atoms with Crippen LogP contribution in [0.2, 0.25) is 5.02 Å². The number of thioether (sulfide) groups is 1. The minimum Gasteiger partial charge on any atom is -0.384 e. The highest BCUT2D eigenvalue weighted by Gasteiger charge is 2.01. The highest BCUT2D eigenvalue weighted by molar-refractivity contribution is 7.98. The minimum atomic E-state index is 0.539. The lowest BCUT2D eigenvalue weighted by Gasteiger charge is -2.05. The van der Waals surface area contributed by atoms with Crippen LogP contribution in [-0.2, 0) is 17.0 Å². The maximum Gasteiger partial charge on any atom is 0.0553 e. The van der Waals surface area contributed by atoms with E-state index in [2.05, 4.69) is 0 Å². The molecule has 0 atom stereocenters. The first-order chi connectivity index (χ1) is 7.27. The van der Waals surface area contributed by atoms with Crippen molar-refractivity contribution in [2.24, 2.45) is 5.73 Å². The van der Waals surface area contributed by atoms with Crippen LogP contribution in [0.1, 0.15) is 11.1 Å². The van der Waals surface area contributed by atoms with Crippen LogP contribution >= 0.6 is 23.4 Å². The monoisotopic (exact) mass is 245 g/mol. The van der Waals surface area contributed by atoms with Gasteiger partial charge in [-0.2, -0.15) is 11.8 Å². The zero-order chi connectivity index (χ0) is 11.1. The predicted octanol–water partition coefficient (Wildman–Crippen LogP) is 2.68. The fourth-order valence-electron chi connectivity index (χ4n) is 1.16. The fraction of sp³-hybridized carbons (Fsp3) is 0.455. The van der Waals surface area contributed by atoms with Crippen molar-refractivity contribution in [2.45, 2.75) is 12.3 Å². The van der Waals surface area contributed by atoms with E-state index in [0.29, 0.717) is 6.54 Å². The van der Waals surface area contributed by atoms with Gasteiger partial charge in [0.25, 0.3) is 0 Å². The topological polar surface area (TPSA) is 35.2 Å². The Morgan fingerprint density at radius 1 is 1.47 bits per heavy atom. The number of benzene rings is 1. The van der Waals surface area contributed by atoms with E-state index in [1.54, 1.807) is 7.11 Å². The standard InChI is InChI=1S/C11H16ClNOS/c1-14-4-5-15-8-10-3-2-9(7-13)6-11(10)12/h2-3,6H,4-5,7-8,13H2,1H3. The molecule has 0 aliphatic carbocycles. The molecule has 1 aromatic carbocycles. The van der Waals surface area contributed by atoms with Crippen molar-refractivity contribution in [3.05, 3.63) is 34.3 Å². The van der Waals surface area contributed by atoms with Crippen LogP contribution in [-0.4, -0.2) is 19.5 Å². The zero-order valence-corrected chi connectivity index (χ0v) is 10.4. The number of hydrogen-bond acceptors (Lipinski definition) is 3. The van der Waals surface area contributed by atoms with E-state index in [1.165, 1.54) is 0 Å². The van der Waals surface area contributed by atoms with Gasteiger partial charge in [0.1, 0.15) is 0 Å². The normalized spacial score (nSPS) is 10.6. The predicted molar refractivity (Wildman–Crippen MR) is 67.4 cm³/mol. The van der Waals surface area contributed by atoms with Crippen LogP contribution in [0.5, 0.6) is 0 Å². The average molecular weight is 246 g/mol. The minimum absolute atomic E-state index is 0.539. The van der Waals surface area contributed by atoms with E-state index < -0.39 is 0 Å². The van der Waals surface area contributed by atoms with Gasteiger partial charge in [-0.3, -0.25) is 0 Å². The van der Waals surface area contributed by atoms with Gasteiger partial charge in [-0.25, -0.2) is 0 Å². The molecule has 2 nitrogen and oxygen atoms in total. The lowest BCUT2D eigenvalue weighted by Crippen LogP contribution is -1.97. The zero-order valence-electron chi connectivity index (χ0n) is 8.83. The summed E-state index contributed by atoms with van der Waals surface area (Å²) in [6.07, 6.45) is 0. The third kappa shape index (κ3) is 4.43. The number of hydrogen-bond donors (Lipinski definition) is 1. The third-order valence-electron chi connectivity index (χ3n) is 2.04. The average Bonchev–Trinajstić information content (AvgIpc) is 2.26. The molecule has 0 radical (unpaired) electrons. The Morgan fingerprint density at radius 2 is 2.27 bits per heavy atom. The van der Waals surface area contributed by atoms with Gasteiger partial charge < -0.3 is 10.5 Å². The Kier molecular flexibility index (Phi) is 6.10. The molecule has 4 heteroatoms. The van der Waals surface area contributed by atoms with Crippen molar-refractivity contribution in [1.29, 1.82) is 0 Å². The molecule has 0 heterocycles. The van der Waals surface area contributed by atoms with Gasteiger partial charge in [-0.05, 0) is 17.2 Å². The van der Waals surface area contributed by atoms with E-state index in [0.717, 1.165) is 34.3 Å². The smallest absolute Gasteiger partial charge is 0.0553 e. The second-order valence-corrected chi connectivity index (χ2v) is 4.69. The summed E-state index contributed by atoms with van der Waals surface area (Å²) in [5.74, 6) is 1.92. The van der Waals surface area contributed by atoms with Crippen molar-refractivity contribution in [1.82, 2.24) is 0 Å². The SMILES string of the molecule is COCCSCc1ccc(CN)cc1Cl. The van der Waals surface area contributed by atoms with Crippen molar-refractivity contribution in [3.8, 4) is 0 Å². The summed E-state index contributed by atoms with van der Waals surface area (Å²) in [5.41, 5.74) is 7.76. The molecular weight excluding hydrogens is 230 g/mol. The Hall–Kier alpha value is -0.220. The Labute approximate surface area is 100 Å². The van der Waals surface area contributed by atoms with Crippen molar-refractivity contribution in [3.63, 3.8) is 0 Å². The molecular formula is C11H16ClNOS. The van der Waals surface area contributed by atoms with Gasteiger partial charge in [0.05, 0.1) is 6.61 Å². The molecule has 15 heavy (non-hydrogen) atoms. The third-order valence-corrected chi connectivity index (χ3v) is 3.36. The Bertz CT molecular complexity index is 307. The molecule has 0 spiro atoms. The van der Waals surface area contributed by atoms with Crippen LogP contribution in [0, 0.1) is 0 Å². The molecule has 1 aromatic rings. The van der Waals surface area contributed by atoms with Gasteiger partial charge >= 0.3 is 0 Å². The van der Waals surface area contributed by atoms with Crippen molar-refractivity contribution < 1.29 is 4.74 Å². The lowest BCUT2D eigenvalue weighted by atomic mass is 10.1. The molecule has 0 unspecified atom stereocenters. The maximum absolute atomic E-state index is 6.12. The molecule has 0 saturated heterocycles. The largest absolute Gasteiger partial charge is 0.384 e. The molecule has 84 valence electrons. The Balaban J connectivity index is 2.47. The summed E-state index contributed by atoms with van der Waals surface area (Å²) in [4.78, 5) is 0. The van der Waals surface area contributed by atoms with E-state index in [1.807, 2.05) is 30.0 Å². The second kappa shape index (κ2) is 7.12. The summed E-state index contributed by atoms with van der Waals surface area (Å²) in [5, 5.41) is 0.808. The van der Waals surface area contributed by atoms with E-state index in [-0.39, 0.29) is 0 Å². The number of rotatable bonds is 6. The quantitative estimate of drug-likeness (QED) is 0.783. The Morgan fingerprint density at radius 3 is 2.87 bits per heavy atom. The summed E-state index contributed by atoms with van der Waals surface area (Å²) >= 11 is 7.94. The molecule has 0 aliphatic heterocycles. The van der Waals surface area contributed by atoms with Gasteiger partial charge in [0, 0.05) is 30.2 Å². The summed E-state index contributed by atoms with van der Waals surface area (Å²) < 4.78 is 4.98. The van der Waals surface area contributed by atoms with E-state index in [4.69, 9.17) is 22.1 Å². The van der Waals surface area contributed by atoms with Gasteiger partial charge in [0.15, 0.2) is 0 Å². The van der Waals surface area contributed by atoms with Crippen molar-refractivity contribution in [2.75, 3.05) is 19.5 Å². The molecule has 0 aliphatic rings. The van der Waals surface area contributed by atoms with Crippen LogP contribution in [0.4, 0.5) is 0 Å². The van der Waals surface area contributed by atoms with Gasteiger partial charge in [-0.1, -0.05) is 23.7 Å². The number of ether oxygens (including phenoxy) is 1. The molecule has 0 aromatic heterocycles. The van der Waals surface area contributed by atoms with Gasteiger partial charge in [0.2, 0.25) is 0 Å². The second-order valence-electron chi connectivity index (χ2n) is 3.18. The molecule has 0 bridgehead atoms. The highest BCUT2D eigenvalue weighted by Crippen LogP contribution is 2.22. The summed E-state index contributed by atoms with van der Waals surface area (Å²) in [6, 6.07) is 6.01. The highest BCUT2D eigenvalue weighted by atomic mass is 35.5. The maximum atomic E-state index is 6.12. The number of halogens is 1. The van der Waals surface area contributed by atoms with Crippen LogP contribution in [0.3, 0.4) is 0 Å². The van der Waals surface area contributed by atoms with Crippen LogP contribution in [0.25, 0.3) is 0 Å². The fourth-order valence-corrected chi connectivity index (χ4v) is 2.41. The number of methoxy groups -OCH3 is 1. The van der Waals surface area contributed by atoms with Crippen LogP contribution in [0.15, 0.2) is 18.2 Å². The lowest BCUT2D eigenvalue weighted by molar-refractivity contribution is 0.218. The molecule has 1 rings (SSSR count). The molecule has 2 N–H and O–H groups in total. The van der Waals surface area contributed by atoms with E-state index in [9.17, 15) is 0 Å². The summed E-state index contributed by atoms with van der Waals surface area (Å²) in [7, 11) is 1.71.